The third-order valence-corrected chi connectivity index (χ3v) is 2.97. The van der Waals surface area contributed by atoms with Gasteiger partial charge in [0.2, 0.25) is 0 Å². The zero-order valence-corrected chi connectivity index (χ0v) is 9.74. The zero-order valence-electron chi connectivity index (χ0n) is 8.92. The van der Waals surface area contributed by atoms with Crippen LogP contribution in [0.25, 0.3) is 5.57 Å². The van der Waals surface area contributed by atoms with Crippen LogP contribution in [0, 0.1) is 6.92 Å². The van der Waals surface area contributed by atoms with Gasteiger partial charge < -0.3 is 5.32 Å². The molecular weight excluding hydrogens is 192 g/mol. The number of rotatable bonds is 4. The zero-order chi connectivity index (χ0) is 10.6. The van der Waals surface area contributed by atoms with Crippen molar-refractivity contribution in [1.82, 2.24) is 4.98 Å². The summed E-state index contributed by atoms with van der Waals surface area (Å²) >= 11 is 1.66. The molecule has 1 aromatic heterocycles. The quantitative estimate of drug-likeness (QED) is 0.766. The Morgan fingerprint density at radius 1 is 1.64 bits per heavy atom. The normalized spacial score (nSPS) is 10.8. The molecule has 0 aliphatic carbocycles. The second-order valence-corrected chi connectivity index (χ2v) is 3.99. The number of aromatic nitrogens is 1. The number of nitrogens with zero attached hydrogens (tertiary/aromatic N) is 1. The number of hydrogen-bond donors (Lipinski definition) is 1. The second-order valence-electron chi connectivity index (χ2n) is 2.99. The van der Waals surface area contributed by atoms with E-state index in [1.54, 1.807) is 11.3 Å². The van der Waals surface area contributed by atoms with Crippen molar-refractivity contribution in [3.63, 3.8) is 0 Å². The van der Waals surface area contributed by atoms with E-state index in [-0.39, 0.29) is 0 Å². The van der Waals surface area contributed by atoms with E-state index in [2.05, 4.69) is 23.8 Å². The number of nitrogens with one attached hydrogen (secondary N) is 1. The van der Waals surface area contributed by atoms with Crippen molar-refractivity contribution >= 4 is 22.0 Å². The fraction of sp³-hybridized carbons (Fsp3) is 0.364. The minimum absolute atomic E-state index is 0.905. The molecule has 0 atom stereocenters. The van der Waals surface area contributed by atoms with E-state index < -0.39 is 0 Å². The van der Waals surface area contributed by atoms with E-state index in [1.165, 1.54) is 4.88 Å². The highest BCUT2D eigenvalue weighted by molar-refractivity contribution is 7.16. The van der Waals surface area contributed by atoms with Crippen LogP contribution in [-0.4, -0.2) is 11.5 Å². The Morgan fingerprint density at radius 2 is 2.36 bits per heavy atom. The predicted octanol–water partition coefficient (Wildman–Crippen LogP) is 3.47. The van der Waals surface area contributed by atoms with Crippen LogP contribution in [0.4, 0.5) is 5.13 Å². The van der Waals surface area contributed by atoms with Crippen molar-refractivity contribution < 1.29 is 0 Å². The largest absolute Gasteiger partial charge is 0.362 e. The number of hydrogen-bond acceptors (Lipinski definition) is 3. The summed E-state index contributed by atoms with van der Waals surface area (Å²) in [5, 5.41) is 4.19. The molecule has 2 nitrogen and oxygen atoms in total. The van der Waals surface area contributed by atoms with Crippen LogP contribution in [0.5, 0.6) is 0 Å². The summed E-state index contributed by atoms with van der Waals surface area (Å²) in [4.78, 5) is 5.58. The van der Waals surface area contributed by atoms with Gasteiger partial charge in [-0.25, -0.2) is 4.98 Å². The Balaban J connectivity index is 2.92. The lowest BCUT2D eigenvalue weighted by atomic mass is 10.2. The Kier molecular flexibility index (Phi) is 3.89. The summed E-state index contributed by atoms with van der Waals surface area (Å²) in [5.41, 5.74) is 2.08. The molecule has 14 heavy (non-hydrogen) atoms. The van der Waals surface area contributed by atoms with Crippen LogP contribution in [0.15, 0.2) is 18.7 Å². The molecule has 1 heterocycles. The lowest BCUT2D eigenvalue weighted by Gasteiger charge is -1.95. The van der Waals surface area contributed by atoms with E-state index in [4.69, 9.17) is 0 Å². The SMILES string of the molecule is C=C(/C=C\C)c1sc(NCC)nc1C. The van der Waals surface area contributed by atoms with E-state index in [9.17, 15) is 0 Å². The summed E-state index contributed by atoms with van der Waals surface area (Å²) in [6.07, 6.45) is 4.00. The highest BCUT2D eigenvalue weighted by Gasteiger charge is 2.07. The molecule has 0 bridgehead atoms. The number of anilines is 1. The molecule has 0 unspecified atom stereocenters. The molecule has 0 aromatic carbocycles. The first-order valence-electron chi connectivity index (χ1n) is 4.72. The van der Waals surface area contributed by atoms with Crippen molar-refractivity contribution in [3.05, 3.63) is 29.3 Å². The van der Waals surface area contributed by atoms with E-state index in [0.717, 1.165) is 22.9 Å². The van der Waals surface area contributed by atoms with Gasteiger partial charge in [-0.15, -0.1) is 0 Å². The molecular formula is C11H16N2S. The molecule has 0 aliphatic heterocycles. The fourth-order valence-corrected chi connectivity index (χ4v) is 2.18. The lowest BCUT2D eigenvalue weighted by Crippen LogP contribution is -1.94. The first-order chi connectivity index (χ1) is 6.69. The van der Waals surface area contributed by atoms with Gasteiger partial charge in [-0.05, 0) is 26.3 Å². The summed E-state index contributed by atoms with van der Waals surface area (Å²) in [6.45, 7) is 11.0. The Bertz CT molecular complexity index is 350. The minimum atomic E-state index is 0.905. The summed E-state index contributed by atoms with van der Waals surface area (Å²) in [5.74, 6) is 0. The lowest BCUT2D eigenvalue weighted by molar-refractivity contribution is 1.16. The van der Waals surface area contributed by atoms with Crippen molar-refractivity contribution in [2.75, 3.05) is 11.9 Å². The van der Waals surface area contributed by atoms with Gasteiger partial charge in [0, 0.05) is 6.54 Å². The van der Waals surface area contributed by atoms with E-state index in [0.29, 0.717) is 0 Å². The van der Waals surface area contributed by atoms with Crippen LogP contribution in [0.3, 0.4) is 0 Å². The van der Waals surface area contributed by atoms with Gasteiger partial charge in [-0.2, -0.15) is 0 Å². The fourth-order valence-electron chi connectivity index (χ4n) is 1.20. The average molecular weight is 208 g/mol. The predicted molar refractivity (Wildman–Crippen MR) is 64.9 cm³/mol. The molecule has 1 N–H and O–H groups in total. The molecule has 1 aromatic rings. The van der Waals surface area contributed by atoms with Crippen molar-refractivity contribution in [3.8, 4) is 0 Å². The van der Waals surface area contributed by atoms with Crippen LogP contribution < -0.4 is 5.32 Å². The second kappa shape index (κ2) is 4.96. The van der Waals surface area contributed by atoms with Crippen LogP contribution in [-0.2, 0) is 0 Å². The summed E-state index contributed by atoms with van der Waals surface area (Å²) in [6, 6.07) is 0. The van der Waals surface area contributed by atoms with Crippen molar-refractivity contribution in [2.45, 2.75) is 20.8 Å². The number of thiazole rings is 1. The Morgan fingerprint density at radius 3 is 2.93 bits per heavy atom. The maximum Gasteiger partial charge on any atom is 0.183 e. The Hall–Kier alpha value is -1.09. The average Bonchev–Trinajstić information content (AvgIpc) is 2.48. The van der Waals surface area contributed by atoms with Crippen molar-refractivity contribution in [2.24, 2.45) is 0 Å². The molecule has 1 rings (SSSR count). The third-order valence-electron chi connectivity index (χ3n) is 1.78. The molecule has 0 spiro atoms. The monoisotopic (exact) mass is 208 g/mol. The molecule has 76 valence electrons. The van der Waals surface area contributed by atoms with Gasteiger partial charge in [0.25, 0.3) is 0 Å². The highest BCUT2D eigenvalue weighted by Crippen LogP contribution is 2.28. The first-order valence-corrected chi connectivity index (χ1v) is 5.54. The van der Waals surface area contributed by atoms with Crippen LogP contribution in [0.2, 0.25) is 0 Å². The van der Waals surface area contributed by atoms with Gasteiger partial charge in [-0.1, -0.05) is 30.1 Å². The van der Waals surface area contributed by atoms with Gasteiger partial charge in [0.1, 0.15) is 0 Å². The third kappa shape index (κ3) is 2.45. The van der Waals surface area contributed by atoms with Crippen molar-refractivity contribution in [1.29, 1.82) is 0 Å². The standard InChI is InChI=1S/C11H16N2S/c1-5-7-8(3)10-9(4)13-11(14-10)12-6-2/h5,7H,3,6H2,1-2,4H3,(H,12,13)/b7-5-. The molecule has 3 heteroatoms. The smallest absolute Gasteiger partial charge is 0.183 e. The molecule has 0 amide bonds. The first kappa shape index (κ1) is 11.0. The minimum Gasteiger partial charge on any atom is -0.362 e. The topological polar surface area (TPSA) is 24.9 Å². The molecule has 0 saturated heterocycles. The van der Waals surface area contributed by atoms with Crippen LogP contribution >= 0.6 is 11.3 Å². The molecule has 0 saturated carbocycles. The number of allylic oxidation sites excluding steroid dienone is 3. The Labute approximate surface area is 89.4 Å². The van der Waals surface area contributed by atoms with Gasteiger partial charge in [0.15, 0.2) is 5.13 Å². The van der Waals surface area contributed by atoms with E-state index >= 15 is 0 Å². The van der Waals surface area contributed by atoms with Gasteiger partial charge in [-0.3, -0.25) is 0 Å². The number of aryl methyl sites for hydroxylation is 1. The highest BCUT2D eigenvalue weighted by atomic mass is 32.1. The van der Waals surface area contributed by atoms with E-state index in [1.807, 2.05) is 26.0 Å². The summed E-state index contributed by atoms with van der Waals surface area (Å²) < 4.78 is 0. The molecule has 0 aliphatic rings. The van der Waals surface area contributed by atoms with Crippen LogP contribution in [0.1, 0.15) is 24.4 Å². The molecule has 0 fully saturated rings. The maximum atomic E-state index is 4.42. The molecule has 0 radical (unpaired) electrons. The maximum absolute atomic E-state index is 4.42. The van der Waals surface area contributed by atoms with Gasteiger partial charge in [0.05, 0.1) is 10.6 Å². The van der Waals surface area contributed by atoms with Gasteiger partial charge >= 0.3 is 0 Å². The summed E-state index contributed by atoms with van der Waals surface area (Å²) in [7, 11) is 0.